The van der Waals surface area contributed by atoms with Crippen molar-refractivity contribution in [3.63, 3.8) is 0 Å². The van der Waals surface area contributed by atoms with Crippen molar-refractivity contribution in [3.8, 4) is 23.0 Å². The Balaban J connectivity index is 1.12. The SMILES string of the molecule is Cc1cc(N=Nc2c(S(=O)(=O)O)cc3ccc(N=Nc4c(S(=O)(=O)O)cc5c(S(=O)(=O)O)c(N=Nc6cc(S(=O)(=O)O)c7cc(SOOO)c(N=Nc8ccc([N+](=O)[O-])cc8S(=O)(=O)O)c(O)c7c6N)ccc5c4O)cc3c2O)c(OCC(=O)O)cc1N=Nc1ccc(S(=O)(=O)O)cc1C(=O)O. The first-order valence-electron chi connectivity index (χ1n) is 26.4. The number of azo groups is 5. The molecule has 0 bridgehead atoms. The van der Waals surface area contributed by atoms with Crippen LogP contribution in [0, 0.1) is 17.0 Å². The molecule has 9 rings (SSSR count). The molecule has 0 aliphatic carbocycles. The summed E-state index contributed by atoms with van der Waals surface area (Å²) in [4.78, 5) is 26.0. The van der Waals surface area contributed by atoms with Gasteiger partial charge in [0, 0.05) is 39.7 Å². The molecule has 0 aliphatic rings. The van der Waals surface area contributed by atoms with Gasteiger partial charge < -0.3 is 36.0 Å². The number of nitrogens with two attached hydrogens (primary N) is 1. The van der Waals surface area contributed by atoms with Crippen LogP contribution in [0.25, 0.3) is 32.3 Å². The summed E-state index contributed by atoms with van der Waals surface area (Å²) in [6, 6.07) is 13.0. The highest BCUT2D eigenvalue weighted by Crippen LogP contribution is 2.52. The first-order chi connectivity index (χ1) is 47.4. The van der Waals surface area contributed by atoms with Crippen molar-refractivity contribution in [2.75, 3.05) is 12.3 Å². The number of aromatic carboxylic acids is 1. The van der Waals surface area contributed by atoms with E-state index in [1.165, 1.54) is 6.92 Å². The fraction of sp³-hybridized carbons (Fsp3) is 0.0385. The summed E-state index contributed by atoms with van der Waals surface area (Å²) in [5.41, 5.74) is -3.32. The molecular weight excluding hydrogens is 1510 g/mol. The van der Waals surface area contributed by atoms with Crippen LogP contribution in [0.15, 0.2) is 189 Å². The molecule has 0 spiro atoms. The molecule has 0 fully saturated rings. The summed E-state index contributed by atoms with van der Waals surface area (Å²) in [5, 5.41) is 112. The molecule has 102 heavy (non-hydrogen) atoms. The molecule has 0 saturated heterocycles. The number of rotatable bonds is 24. The van der Waals surface area contributed by atoms with E-state index in [1.54, 1.807) is 0 Å². The van der Waals surface area contributed by atoms with E-state index in [4.69, 9.17) is 15.7 Å². The number of hydrogen-bond donors (Lipinski definition) is 13. The maximum absolute atomic E-state index is 13.3. The number of nitro groups is 1. The molecule has 50 heteroatoms. The number of carboxylic acids is 2. The summed E-state index contributed by atoms with van der Waals surface area (Å²) in [7, 11) is -32.6. The number of nitro benzene ring substituents is 1. The van der Waals surface area contributed by atoms with Gasteiger partial charge in [-0.2, -0.15) is 60.7 Å². The van der Waals surface area contributed by atoms with Gasteiger partial charge in [-0.15, -0.1) is 45.2 Å². The van der Waals surface area contributed by atoms with Crippen LogP contribution in [0.5, 0.6) is 23.0 Å². The minimum atomic E-state index is -5.77. The second-order valence-electron chi connectivity index (χ2n) is 20.1. The fourth-order valence-electron chi connectivity index (χ4n) is 9.20. The number of phenolic OH excluding ortho intramolecular Hbond substituents is 3. The average molecular weight is 1550 g/mol. The Morgan fingerprint density at radius 2 is 1.07 bits per heavy atom. The Kier molecular flexibility index (Phi) is 20.6. The number of non-ortho nitro benzene ring substituents is 1. The fourth-order valence-corrected chi connectivity index (χ4v) is 13.7. The Bertz CT molecular complexity index is 6060. The molecule has 14 N–H and O–H groups in total. The van der Waals surface area contributed by atoms with Gasteiger partial charge in [-0.1, -0.05) is 11.1 Å². The average Bonchev–Trinajstić information content (AvgIpc) is 0.749. The second-order valence-corrected chi connectivity index (χ2v) is 29.2. The molecule has 9 aromatic carbocycles. The highest BCUT2D eigenvalue weighted by molar-refractivity contribution is 7.94. The first-order valence-corrected chi connectivity index (χ1v) is 35.7. The number of aryl methyl sites for hydroxylation is 1. The number of fused-ring (bicyclic) bond motifs is 3. The number of ether oxygens (including phenoxy) is 1. The minimum Gasteiger partial charge on any atom is -0.505 e. The highest BCUT2D eigenvalue weighted by Gasteiger charge is 2.31. The lowest BCUT2D eigenvalue weighted by Gasteiger charge is -2.15. The standard InChI is InChI=1S/C52H36N12O31S7/c1-20-10-34(36(93-19-42(65)66)17-33(20)58-55-30-8-5-24(97(75,76)77)14-28(30)52(70)71)59-63-46-40(100(84,85)86)11-21-2-3-22(12-26(21)49(46)68)54-62-47-41(101(87,88)89)16-27-25(48(47)67)6-9-32(51(27)102(90,91)92)57-60-35-18-38(98(78,79)80)29-15-37(96-95-94-74)45(50(69)43(29)44(35)53)61-56-31-7-4-23(64(72)73)13-39(31)99(81,82)83/h2-18,67-69,74H,19,53H2,1H3,(H,65,66)(H,70,71)(H,75,76,77)(H,78,79,80)(H,81,82,83)(H,84,85,86)(H,87,88,89)(H,90,91,92). The van der Waals surface area contributed by atoms with E-state index in [-0.39, 0.29) is 28.7 Å². The van der Waals surface area contributed by atoms with E-state index >= 15 is 0 Å². The van der Waals surface area contributed by atoms with Gasteiger partial charge in [-0.05, 0) is 96.7 Å². The number of nitrogens with zero attached hydrogens (tertiary/aromatic N) is 11. The van der Waals surface area contributed by atoms with Crippen molar-refractivity contribution < 1.29 is 137 Å². The van der Waals surface area contributed by atoms with Crippen LogP contribution in [0.3, 0.4) is 0 Å². The van der Waals surface area contributed by atoms with Crippen LogP contribution in [-0.4, -0.2) is 132 Å². The number of phenols is 3. The number of anilines is 1. The molecule has 0 saturated carbocycles. The summed E-state index contributed by atoms with van der Waals surface area (Å²) >= 11 is -0.0551. The number of carbonyl (C=O) groups is 2. The summed E-state index contributed by atoms with van der Waals surface area (Å²) < 4.78 is 223. The molecule has 9 aromatic rings. The Morgan fingerprint density at radius 3 is 1.67 bits per heavy atom. The van der Waals surface area contributed by atoms with Crippen LogP contribution < -0.4 is 10.5 Å². The topological polar surface area (TPSA) is 702 Å². The molecule has 0 heterocycles. The van der Waals surface area contributed by atoms with E-state index in [9.17, 15) is 123 Å². The quantitative estimate of drug-likeness (QED) is 0.00508. The van der Waals surface area contributed by atoms with Gasteiger partial charge in [-0.25, -0.2) is 14.8 Å². The number of benzene rings is 9. The van der Waals surface area contributed by atoms with Gasteiger partial charge >= 0.3 is 11.9 Å². The van der Waals surface area contributed by atoms with Crippen molar-refractivity contribution >= 4 is 185 Å². The molecule has 0 aromatic heterocycles. The van der Waals surface area contributed by atoms with Crippen LogP contribution in [-0.2, 0) is 74.9 Å². The third-order valence-electron chi connectivity index (χ3n) is 13.6. The van der Waals surface area contributed by atoms with Crippen molar-refractivity contribution in [2.45, 2.75) is 41.2 Å². The summed E-state index contributed by atoms with van der Waals surface area (Å²) in [6.45, 7) is 0.275. The van der Waals surface area contributed by atoms with Crippen molar-refractivity contribution in [1.82, 2.24) is 0 Å². The van der Waals surface area contributed by atoms with Gasteiger partial charge in [0.2, 0.25) is 0 Å². The van der Waals surface area contributed by atoms with Gasteiger partial charge in [0.05, 0.1) is 54.8 Å². The molecule has 532 valence electrons. The van der Waals surface area contributed by atoms with E-state index in [0.29, 0.717) is 36.4 Å². The molecule has 0 amide bonds. The number of nitrogen functional groups attached to an aromatic ring is 1. The lowest BCUT2D eigenvalue weighted by atomic mass is 10.0. The third kappa shape index (κ3) is 16.0. The zero-order valence-corrected chi connectivity index (χ0v) is 55.2. The lowest BCUT2D eigenvalue weighted by molar-refractivity contribution is -0.432. The normalized spacial score (nSPS) is 12.9. The molecule has 0 aliphatic heterocycles. The summed E-state index contributed by atoms with van der Waals surface area (Å²) in [6.07, 6.45) is 0. The largest absolute Gasteiger partial charge is 0.505 e. The van der Waals surface area contributed by atoms with Gasteiger partial charge in [0.15, 0.2) is 23.9 Å². The van der Waals surface area contributed by atoms with Crippen molar-refractivity contribution in [1.29, 1.82) is 0 Å². The Hall–Kier alpha value is -11.2. The predicted octanol–water partition coefficient (Wildman–Crippen LogP) is 11.2. The monoisotopic (exact) mass is 1550 g/mol. The van der Waals surface area contributed by atoms with E-state index in [0.717, 1.165) is 66.7 Å². The molecule has 0 radical (unpaired) electrons. The van der Waals surface area contributed by atoms with Gasteiger partial charge in [0.25, 0.3) is 66.4 Å². The molecule has 0 atom stereocenters. The Labute approximate surface area is 571 Å². The maximum atomic E-state index is 13.3. The predicted molar refractivity (Wildman–Crippen MR) is 342 cm³/mol. The van der Waals surface area contributed by atoms with Crippen LogP contribution >= 0.6 is 12.0 Å². The number of hydrogen-bond acceptors (Lipinski definition) is 35. The van der Waals surface area contributed by atoms with Gasteiger partial charge in [-0.3, -0.25) is 37.4 Å². The first kappa shape index (κ1) is 75.0. The second kappa shape index (κ2) is 28.1. The zero-order chi connectivity index (χ0) is 75.3. The van der Waals surface area contributed by atoms with E-state index in [1.807, 2.05) is 0 Å². The van der Waals surface area contributed by atoms with Crippen LogP contribution in [0.1, 0.15) is 15.9 Å². The zero-order valence-electron chi connectivity index (χ0n) is 49.5. The van der Waals surface area contributed by atoms with E-state index < -0.39 is 236 Å². The smallest absolute Gasteiger partial charge is 0.341 e. The lowest BCUT2D eigenvalue weighted by Crippen LogP contribution is -2.09. The van der Waals surface area contributed by atoms with E-state index in [2.05, 4.69) is 60.5 Å². The summed E-state index contributed by atoms with van der Waals surface area (Å²) in [5.74, 6) is -7.42. The van der Waals surface area contributed by atoms with Crippen LogP contribution in [0.4, 0.5) is 68.2 Å². The number of aromatic hydroxyl groups is 3. The highest BCUT2D eigenvalue weighted by atomic mass is 32.2. The van der Waals surface area contributed by atoms with Crippen molar-refractivity contribution in [3.05, 3.63) is 124 Å². The minimum absolute atomic E-state index is 0.0551. The Morgan fingerprint density at radius 1 is 0.510 bits per heavy atom. The van der Waals surface area contributed by atoms with Crippen molar-refractivity contribution in [2.24, 2.45) is 51.1 Å². The van der Waals surface area contributed by atoms with Crippen LogP contribution in [0.2, 0.25) is 0 Å². The van der Waals surface area contributed by atoms with Gasteiger partial charge in [0.1, 0.15) is 75.7 Å². The number of carboxylic acid groups (broad SMARTS) is 2. The maximum Gasteiger partial charge on any atom is 0.341 e. The molecule has 0 unspecified atom stereocenters. The molecular formula is C52H36N12O31S7. The number of aliphatic carboxylic acids is 1. The molecule has 43 nitrogen and oxygen atoms in total. The third-order valence-corrected chi connectivity index (χ3v) is 19.6.